The minimum atomic E-state index is -1.62. The lowest BCUT2D eigenvalue weighted by molar-refractivity contribution is -0.114. The third kappa shape index (κ3) is 2.10. The zero-order chi connectivity index (χ0) is 11.5. The number of amides is 1. The van der Waals surface area contributed by atoms with Crippen LogP contribution in [0, 0.1) is 11.3 Å². The number of nitriles is 1. The second-order valence-corrected chi connectivity index (χ2v) is 4.08. The second-order valence-electron chi connectivity index (χ2n) is 2.94. The predicted molar refractivity (Wildman–Crippen MR) is 56.2 cm³/mol. The summed E-state index contributed by atoms with van der Waals surface area (Å²) in [5.74, 6) is -0.0166. The molecule has 0 saturated heterocycles. The average Bonchev–Trinajstić information content (AvgIpc) is 2.59. The maximum atomic E-state index is 11.2. The maximum absolute atomic E-state index is 11.2. The van der Waals surface area contributed by atoms with E-state index in [1.807, 2.05) is 6.07 Å². The van der Waals surface area contributed by atoms with Gasteiger partial charge in [-0.2, -0.15) is 5.26 Å². The van der Waals surface area contributed by atoms with Crippen LogP contribution in [0.2, 0.25) is 0 Å². The van der Waals surface area contributed by atoms with Gasteiger partial charge in [0.05, 0.1) is 17.7 Å². The number of hydrogen-bond donors (Lipinski definition) is 1. The van der Waals surface area contributed by atoms with Crippen LogP contribution in [-0.4, -0.2) is 10.1 Å². The summed E-state index contributed by atoms with van der Waals surface area (Å²) in [5.41, 5.74) is 0.503. The summed E-state index contributed by atoms with van der Waals surface area (Å²) >= 11 is 0. The van der Waals surface area contributed by atoms with E-state index in [9.17, 15) is 9.00 Å². The summed E-state index contributed by atoms with van der Waals surface area (Å²) in [7, 11) is -1.62. The van der Waals surface area contributed by atoms with Crippen molar-refractivity contribution in [3.05, 3.63) is 41.0 Å². The van der Waals surface area contributed by atoms with E-state index in [0.29, 0.717) is 11.3 Å². The van der Waals surface area contributed by atoms with E-state index in [1.54, 1.807) is 24.3 Å². The van der Waals surface area contributed by atoms with Crippen LogP contribution in [-0.2, 0) is 15.8 Å². The number of hydrogen-bond acceptors (Lipinski definition) is 4. The van der Waals surface area contributed by atoms with E-state index in [2.05, 4.69) is 4.72 Å². The summed E-state index contributed by atoms with van der Waals surface area (Å²) in [6.07, 6.45) is 1.13. The largest absolute Gasteiger partial charge is 0.446 e. The van der Waals surface area contributed by atoms with Crippen molar-refractivity contribution in [3.8, 4) is 11.8 Å². The summed E-state index contributed by atoms with van der Waals surface area (Å²) in [4.78, 5) is 10.9. The van der Waals surface area contributed by atoms with Crippen molar-refractivity contribution in [3.63, 3.8) is 0 Å². The Hall–Kier alpha value is -2.13. The molecule has 0 aromatic heterocycles. The van der Waals surface area contributed by atoms with E-state index in [0.717, 1.165) is 6.08 Å². The normalized spacial score (nSPS) is 18.6. The Bertz CT molecular complexity index is 528. The van der Waals surface area contributed by atoms with Crippen molar-refractivity contribution in [1.29, 1.82) is 5.26 Å². The number of carbonyl (C=O) groups is 1. The van der Waals surface area contributed by atoms with Gasteiger partial charge in [-0.3, -0.25) is 9.52 Å². The molecule has 1 N–H and O–H groups in total. The van der Waals surface area contributed by atoms with Crippen molar-refractivity contribution < 1.29 is 13.7 Å². The topological polar surface area (TPSA) is 79.2 Å². The Balaban J connectivity index is 2.16. The monoisotopic (exact) mass is 234 g/mol. The molecule has 1 aromatic carbocycles. The Kier molecular flexibility index (Phi) is 2.70. The minimum Gasteiger partial charge on any atom is -0.446 e. The first-order chi connectivity index (χ1) is 7.69. The fraction of sp³-hybridized carbons (Fsp3) is 0. The Morgan fingerprint density at radius 2 is 2.00 bits per heavy atom. The van der Waals surface area contributed by atoms with Gasteiger partial charge in [-0.15, -0.1) is 0 Å². The molecule has 0 bridgehead atoms. The molecule has 0 spiro atoms. The lowest BCUT2D eigenvalue weighted by atomic mass is 10.2. The van der Waals surface area contributed by atoms with Crippen LogP contribution in [0.25, 0.3) is 0 Å². The van der Waals surface area contributed by atoms with E-state index < -0.39 is 16.9 Å². The first-order valence-electron chi connectivity index (χ1n) is 4.31. The highest BCUT2D eigenvalue weighted by molar-refractivity contribution is 7.88. The molecule has 6 heteroatoms. The number of nitrogens with one attached hydrogen (secondary N) is 1. The molecule has 1 amide bonds. The van der Waals surface area contributed by atoms with Gasteiger partial charge in [-0.05, 0) is 24.3 Å². The number of carbonyl (C=O) groups excluding carboxylic acids is 1. The van der Waals surface area contributed by atoms with Gasteiger partial charge in [0.25, 0.3) is 5.91 Å². The van der Waals surface area contributed by atoms with Gasteiger partial charge in [0, 0.05) is 0 Å². The fourth-order valence-corrected chi connectivity index (χ4v) is 1.84. The van der Waals surface area contributed by atoms with Crippen molar-refractivity contribution in [1.82, 2.24) is 4.72 Å². The molecule has 80 valence electrons. The van der Waals surface area contributed by atoms with Gasteiger partial charge >= 0.3 is 0 Å². The Labute approximate surface area is 93.9 Å². The zero-order valence-corrected chi connectivity index (χ0v) is 8.78. The van der Waals surface area contributed by atoms with Gasteiger partial charge in [0.15, 0.2) is 11.0 Å². The molecule has 0 radical (unpaired) electrons. The molecule has 0 saturated carbocycles. The molecule has 1 heterocycles. The average molecular weight is 234 g/mol. The lowest BCUT2D eigenvalue weighted by Crippen LogP contribution is -2.17. The van der Waals surface area contributed by atoms with Crippen LogP contribution in [0.15, 0.2) is 35.4 Å². The molecule has 1 unspecified atom stereocenters. The van der Waals surface area contributed by atoms with Gasteiger partial charge in [0.2, 0.25) is 5.09 Å². The van der Waals surface area contributed by atoms with Gasteiger partial charge in [0.1, 0.15) is 5.75 Å². The quantitative estimate of drug-likeness (QED) is 0.811. The van der Waals surface area contributed by atoms with Crippen LogP contribution >= 0.6 is 0 Å². The van der Waals surface area contributed by atoms with Crippen LogP contribution < -0.4 is 9.46 Å². The number of ether oxygens (including phenoxy) is 1. The third-order valence-corrected chi connectivity index (χ3v) is 2.78. The maximum Gasteiger partial charge on any atom is 0.260 e. The molecule has 5 nitrogen and oxygen atoms in total. The molecule has 0 fully saturated rings. The lowest BCUT2D eigenvalue weighted by Gasteiger charge is -2.03. The first kappa shape index (κ1) is 10.4. The van der Waals surface area contributed by atoms with Crippen LogP contribution in [0.3, 0.4) is 0 Å². The molecule has 2 rings (SSSR count). The van der Waals surface area contributed by atoms with Crippen LogP contribution in [0.5, 0.6) is 5.75 Å². The van der Waals surface area contributed by atoms with Crippen LogP contribution in [0.4, 0.5) is 0 Å². The molecular formula is C10H6N2O3S. The van der Waals surface area contributed by atoms with Crippen LogP contribution in [0.1, 0.15) is 5.56 Å². The number of benzene rings is 1. The molecular weight excluding hydrogens is 228 g/mol. The summed E-state index contributed by atoms with van der Waals surface area (Å²) < 4.78 is 18.6. The minimum absolute atomic E-state index is 0.0645. The SMILES string of the molecule is N#Cc1ccc(OC2=CC(=O)NS2=O)cc1. The highest BCUT2D eigenvalue weighted by atomic mass is 32.2. The zero-order valence-electron chi connectivity index (χ0n) is 7.97. The smallest absolute Gasteiger partial charge is 0.260 e. The molecule has 16 heavy (non-hydrogen) atoms. The number of nitrogens with zero attached hydrogens (tertiary/aromatic N) is 1. The Morgan fingerprint density at radius 1 is 1.31 bits per heavy atom. The highest BCUT2D eigenvalue weighted by Crippen LogP contribution is 2.17. The van der Waals surface area contributed by atoms with Gasteiger partial charge in [-0.1, -0.05) is 0 Å². The van der Waals surface area contributed by atoms with Gasteiger partial charge < -0.3 is 4.74 Å². The molecule has 1 aromatic rings. The van der Waals surface area contributed by atoms with E-state index >= 15 is 0 Å². The van der Waals surface area contributed by atoms with E-state index in [-0.39, 0.29) is 5.09 Å². The summed E-state index contributed by atoms with van der Waals surface area (Å²) in [6.45, 7) is 0. The van der Waals surface area contributed by atoms with Crippen molar-refractivity contribution >= 4 is 16.9 Å². The predicted octanol–water partition coefficient (Wildman–Crippen LogP) is 0.572. The van der Waals surface area contributed by atoms with Crippen molar-refractivity contribution in [2.24, 2.45) is 0 Å². The third-order valence-electron chi connectivity index (χ3n) is 1.83. The van der Waals surface area contributed by atoms with Crippen molar-refractivity contribution in [2.45, 2.75) is 0 Å². The first-order valence-corrected chi connectivity index (χ1v) is 5.46. The molecule has 1 aliphatic heterocycles. The fourth-order valence-electron chi connectivity index (χ4n) is 1.11. The molecule has 1 aliphatic rings. The van der Waals surface area contributed by atoms with E-state index in [4.69, 9.17) is 10.00 Å². The molecule has 1 atom stereocenters. The second kappa shape index (κ2) is 4.16. The highest BCUT2D eigenvalue weighted by Gasteiger charge is 2.21. The Morgan fingerprint density at radius 3 is 2.50 bits per heavy atom. The van der Waals surface area contributed by atoms with Gasteiger partial charge in [-0.25, -0.2) is 4.21 Å². The van der Waals surface area contributed by atoms with E-state index in [1.165, 1.54) is 0 Å². The summed E-state index contributed by atoms with van der Waals surface area (Å²) in [5, 5.41) is 8.65. The van der Waals surface area contributed by atoms with Crippen molar-refractivity contribution in [2.75, 3.05) is 0 Å². The molecule has 0 aliphatic carbocycles. The standard InChI is InChI=1S/C10H6N2O3S/c11-6-7-1-3-8(4-2-7)15-10-5-9(13)12-16(10)14/h1-5H,(H,12,13). The number of rotatable bonds is 2. The summed E-state index contributed by atoms with van der Waals surface area (Å²) in [6, 6.07) is 8.25.